The van der Waals surface area contributed by atoms with Crippen molar-refractivity contribution in [1.82, 2.24) is 9.97 Å². The van der Waals surface area contributed by atoms with Gasteiger partial charge in [-0.2, -0.15) is 0 Å². The fraction of sp³-hybridized carbons (Fsp3) is 0.429. The number of hydrogen-bond donors (Lipinski definition) is 0. The monoisotopic (exact) mass is 215 g/mol. The Hall–Kier alpha value is -0.640. The van der Waals surface area contributed by atoms with Crippen molar-refractivity contribution in [3.05, 3.63) is 16.5 Å². The van der Waals surface area contributed by atoms with Crippen molar-refractivity contribution >= 4 is 21.7 Å². The lowest BCUT2D eigenvalue weighted by atomic mass is 10.5. The second-order valence-corrected chi connectivity index (χ2v) is 3.34. The highest BCUT2D eigenvalue weighted by molar-refractivity contribution is 9.10. The van der Waals surface area contributed by atoms with Crippen molar-refractivity contribution in [3.8, 4) is 0 Å². The maximum atomic E-state index is 4.24. The Labute approximate surface area is 74.6 Å². The van der Waals surface area contributed by atoms with Crippen molar-refractivity contribution in [2.24, 2.45) is 0 Å². The second kappa shape index (κ2) is 3.17. The molecule has 0 saturated carbocycles. The van der Waals surface area contributed by atoms with Crippen LogP contribution in [0.25, 0.3) is 0 Å². The molecule has 1 aromatic rings. The van der Waals surface area contributed by atoms with Gasteiger partial charge in [0.1, 0.15) is 11.6 Å². The molecular formula is C7H10BrN3. The van der Waals surface area contributed by atoms with E-state index >= 15 is 0 Å². The molecule has 0 radical (unpaired) electrons. The zero-order chi connectivity index (χ0) is 8.43. The van der Waals surface area contributed by atoms with E-state index in [1.807, 2.05) is 25.9 Å². The number of halogens is 1. The summed E-state index contributed by atoms with van der Waals surface area (Å²) in [6.07, 6.45) is 1.76. The SMILES string of the molecule is Cc1ncc(Br)c(N(C)C)n1. The van der Waals surface area contributed by atoms with Crippen molar-refractivity contribution in [1.29, 1.82) is 0 Å². The summed E-state index contributed by atoms with van der Waals surface area (Å²) < 4.78 is 0.924. The molecule has 0 aliphatic carbocycles. The predicted molar refractivity (Wildman–Crippen MR) is 48.8 cm³/mol. The quantitative estimate of drug-likeness (QED) is 0.714. The highest BCUT2D eigenvalue weighted by Gasteiger charge is 2.03. The Morgan fingerprint density at radius 1 is 1.45 bits per heavy atom. The van der Waals surface area contributed by atoms with E-state index in [1.165, 1.54) is 0 Å². The molecule has 3 nitrogen and oxygen atoms in total. The van der Waals surface area contributed by atoms with E-state index in [0.29, 0.717) is 0 Å². The third-order valence-corrected chi connectivity index (χ3v) is 1.83. The van der Waals surface area contributed by atoms with Crippen LogP contribution in [-0.4, -0.2) is 24.1 Å². The first-order valence-corrected chi connectivity index (χ1v) is 4.07. The van der Waals surface area contributed by atoms with Gasteiger partial charge in [0.15, 0.2) is 0 Å². The third-order valence-electron chi connectivity index (χ3n) is 1.27. The van der Waals surface area contributed by atoms with Gasteiger partial charge in [-0.3, -0.25) is 0 Å². The lowest BCUT2D eigenvalue weighted by molar-refractivity contribution is 0.978. The summed E-state index contributed by atoms with van der Waals surface area (Å²) in [5, 5.41) is 0. The molecule has 0 bridgehead atoms. The molecule has 0 amide bonds. The minimum atomic E-state index is 0.789. The van der Waals surface area contributed by atoms with Gasteiger partial charge in [0.2, 0.25) is 0 Å². The summed E-state index contributed by atoms with van der Waals surface area (Å²) in [5.41, 5.74) is 0. The maximum Gasteiger partial charge on any atom is 0.146 e. The molecule has 1 rings (SSSR count). The van der Waals surface area contributed by atoms with E-state index < -0.39 is 0 Å². The Morgan fingerprint density at radius 3 is 2.55 bits per heavy atom. The first kappa shape index (κ1) is 8.46. The molecule has 0 aliphatic heterocycles. The number of anilines is 1. The molecule has 0 N–H and O–H groups in total. The van der Waals surface area contributed by atoms with Gasteiger partial charge < -0.3 is 4.90 Å². The van der Waals surface area contributed by atoms with E-state index in [-0.39, 0.29) is 0 Å². The molecule has 0 fully saturated rings. The topological polar surface area (TPSA) is 29.0 Å². The van der Waals surface area contributed by atoms with Gasteiger partial charge in [0.05, 0.1) is 4.47 Å². The number of nitrogens with zero attached hydrogens (tertiary/aromatic N) is 3. The predicted octanol–water partition coefficient (Wildman–Crippen LogP) is 1.61. The summed E-state index contributed by atoms with van der Waals surface area (Å²) in [6.45, 7) is 1.87. The van der Waals surface area contributed by atoms with Crippen LogP contribution in [0.4, 0.5) is 5.82 Å². The van der Waals surface area contributed by atoms with E-state index in [0.717, 1.165) is 16.1 Å². The van der Waals surface area contributed by atoms with E-state index in [1.54, 1.807) is 6.20 Å². The maximum absolute atomic E-state index is 4.24. The first-order valence-electron chi connectivity index (χ1n) is 3.27. The molecule has 0 aromatic carbocycles. The normalized spacial score (nSPS) is 9.82. The fourth-order valence-electron chi connectivity index (χ4n) is 0.757. The average Bonchev–Trinajstić information content (AvgIpc) is 1.94. The van der Waals surface area contributed by atoms with Gasteiger partial charge in [-0.1, -0.05) is 0 Å². The van der Waals surface area contributed by atoms with E-state index in [2.05, 4.69) is 25.9 Å². The van der Waals surface area contributed by atoms with Crippen molar-refractivity contribution in [2.45, 2.75) is 6.92 Å². The smallest absolute Gasteiger partial charge is 0.146 e. The zero-order valence-electron chi connectivity index (χ0n) is 6.80. The summed E-state index contributed by atoms with van der Waals surface area (Å²) in [6, 6.07) is 0. The number of aromatic nitrogens is 2. The minimum absolute atomic E-state index is 0.789. The Kier molecular flexibility index (Phi) is 2.44. The van der Waals surface area contributed by atoms with E-state index in [9.17, 15) is 0 Å². The second-order valence-electron chi connectivity index (χ2n) is 2.48. The van der Waals surface area contributed by atoms with Crippen LogP contribution >= 0.6 is 15.9 Å². The van der Waals surface area contributed by atoms with Gasteiger partial charge in [-0.05, 0) is 22.9 Å². The largest absolute Gasteiger partial charge is 0.362 e. The zero-order valence-corrected chi connectivity index (χ0v) is 8.38. The molecule has 4 heteroatoms. The van der Waals surface area contributed by atoms with Crippen molar-refractivity contribution in [3.63, 3.8) is 0 Å². The van der Waals surface area contributed by atoms with Gasteiger partial charge in [-0.15, -0.1) is 0 Å². The molecule has 1 heterocycles. The molecule has 11 heavy (non-hydrogen) atoms. The number of aryl methyl sites for hydroxylation is 1. The summed E-state index contributed by atoms with van der Waals surface area (Å²) >= 11 is 3.36. The van der Waals surface area contributed by atoms with Gasteiger partial charge in [0, 0.05) is 20.3 Å². The molecule has 0 aliphatic rings. The van der Waals surface area contributed by atoms with Crippen molar-refractivity contribution in [2.75, 3.05) is 19.0 Å². The van der Waals surface area contributed by atoms with Gasteiger partial charge in [0.25, 0.3) is 0 Å². The Bertz CT molecular complexity index is 260. The molecule has 0 unspecified atom stereocenters. The molecule has 1 aromatic heterocycles. The Balaban J connectivity index is 3.13. The summed E-state index contributed by atoms with van der Waals surface area (Å²) in [4.78, 5) is 10.2. The van der Waals surface area contributed by atoms with Crippen LogP contribution in [-0.2, 0) is 0 Å². The van der Waals surface area contributed by atoms with Crippen LogP contribution in [0.5, 0.6) is 0 Å². The lowest BCUT2D eigenvalue weighted by Crippen LogP contribution is -2.12. The molecule has 0 spiro atoms. The summed E-state index contributed by atoms with van der Waals surface area (Å²) in [5.74, 6) is 1.70. The fourth-order valence-corrected chi connectivity index (χ4v) is 1.30. The first-order chi connectivity index (χ1) is 5.11. The van der Waals surface area contributed by atoms with Crippen LogP contribution < -0.4 is 4.90 Å². The lowest BCUT2D eigenvalue weighted by Gasteiger charge is -2.12. The average molecular weight is 216 g/mol. The Morgan fingerprint density at radius 2 is 2.09 bits per heavy atom. The highest BCUT2D eigenvalue weighted by Crippen LogP contribution is 2.20. The van der Waals surface area contributed by atoms with Crippen LogP contribution in [0.1, 0.15) is 5.82 Å². The molecular weight excluding hydrogens is 206 g/mol. The molecule has 0 atom stereocenters. The molecule has 60 valence electrons. The number of rotatable bonds is 1. The standard InChI is InChI=1S/C7H10BrN3/c1-5-9-4-6(8)7(10-5)11(2)3/h4H,1-3H3. The van der Waals surface area contributed by atoms with Gasteiger partial charge in [-0.25, -0.2) is 9.97 Å². The van der Waals surface area contributed by atoms with Crippen LogP contribution in [0.3, 0.4) is 0 Å². The third kappa shape index (κ3) is 1.89. The molecule has 0 saturated heterocycles. The van der Waals surface area contributed by atoms with Crippen LogP contribution in [0.15, 0.2) is 10.7 Å². The van der Waals surface area contributed by atoms with Crippen LogP contribution in [0, 0.1) is 6.92 Å². The van der Waals surface area contributed by atoms with E-state index in [4.69, 9.17) is 0 Å². The summed E-state index contributed by atoms with van der Waals surface area (Å²) in [7, 11) is 3.90. The minimum Gasteiger partial charge on any atom is -0.362 e. The van der Waals surface area contributed by atoms with Crippen LogP contribution in [0.2, 0.25) is 0 Å². The number of hydrogen-bond acceptors (Lipinski definition) is 3. The highest BCUT2D eigenvalue weighted by atomic mass is 79.9. The van der Waals surface area contributed by atoms with Gasteiger partial charge >= 0.3 is 0 Å². The van der Waals surface area contributed by atoms with Crippen molar-refractivity contribution < 1.29 is 0 Å².